The molecular formula is C11H14N2. The van der Waals surface area contributed by atoms with Crippen molar-refractivity contribution in [1.82, 2.24) is 9.78 Å². The van der Waals surface area contributed by atoms with Crippen LogP contribution < -0.4 is 0 Å². The Labute approximate surface area is 79.0 Å². The van der Waals surface area contributed by atoms with E-state index in [0.29, 0.717) is 0 Å². The molecule has 1 aromatic heterocycles. The number of rotatable bonds is 2. The van der Waals surface area contributed by atoms with E-state index in [2.05, 4.69) is 17.9 Å². The molecule has 0 unspecified atom stereocenters. The number of hydrogen-bond acceptors (Lipinski definition) is 1. The Kier molecular flexibility index (Phi) is 2.10. The van der Waals surface area contributed by atoms with Crippen molar-refractivity contribution in [3.05, 3.63) is 18.0 Å². The van der Waals surface area contributed by atoms with Gasteiger partial charge in [-0.15, -0.1) is 6.42 Å². The zero-order valence-electron chi connectivity index (χ0n) is 7.90. The van der Waals surface area contributed by atoms with E-state index < -0.39 is 0 Å². The molecule has 1 aromatic rings. The molecule has 1 saturated carbocycles. The van der Waals surface area contributed by atoms with E-state index in [9.17, 15) is 0 Å². The SMILES string of the molecule is C#Cc1cnn(CC2CC(C)C2)c1. The average molecular weight is 174 g/mol. The second kappa shape index (κ2) is 3.26. The van der Waals surface area contributed by atoms with Crippen molar-refractivity contribution in [2.24, 2.45) is 11.8 Å². The highest BCUT2D eigenvalue weighted by Crippen LogP contribution is 2.33. The van der Waals surface area contributed by atoms with Gasteiger partial charge in [0.2, 0.25) is 0 Å². The molecule has 2 heteroatoms. The highest BCUT2D eigenvalue weighted by Gasteiger charge is 2.25. The van der Waals surface area contributed by atoms with Crippen LogP contribution in [0, 0.1) is 24.2 Å². The van der Waals surface area contributed by atoms with Gasteiger partial charge in [-0.2, -0.15) is 5.10 Å². The molecule has 2 nitrogen and oxygen atoms in total. The smallest absolute Gasteiger partial charge is 0.0646 e. The molecule has 1 fully saturated rings. The van der Waals surface area contributed by atoms with Crippen molar-refractivity contribution in [3.63, 3.8) is 0 Å². The maximum absolute atomic E-state index is 5.26. The van der Waals surface area contributed by atoms with Gasteiger partial charge in [0.1, 0.15) is 0 Å². The van der Waals surface area contributed by atoms with Crippen molar-refractivity contribution < 1.29 is 0 Å². The van der Waals surface area contributed by atoms with Crippen LogP contribution in [0.1, 0.15) is 25.3 Å². The van der Waals surface area contributed by atoms with Crippen molar-refractivity contribution in [2.75, 3.05) is 0 Å². The van der Waals surface area contributed by atoms with Crippen molar-refractivity contribution in [3.8, 4) is 12.3 Å². The fourth-order valence-corrected chi connectivity index (χ4v) is 2.02. The van der Waals surface area contributed by atoms with Crippen LogP contribution in [0.5, 0.6) is 0 Å². The number of nitrogens with zero attached hydrogens (tertiary/aromatic N) is 2. The summed E-state index contributed by atoms with van der Waals surface area (Å²) in [6, 6.07) is 0. The molecule has 0 aromatic carbocycles. The van der Waals surface area contributed by atoms with Gasteiger partial charge < -0.3 is 0 Å². The Bertz CT molecular complexity index is 326. The molecule has 0 atom stereocenters. The lowest BCUT2D eigenvalue weighted by atomic mass is 9.76. The molecule has 0 bridgehead atoms. The first-order valence-corrected chi connectivity index (χ1v) is 4.77. The fraction of sp³-hybridized carbons (Fsp3) is 0.545. The third kappa shape index (κ3) is 1.75. The van der Waals surface area contributed by atoms with Crippen LogP contribution in [-0.4, -0.2) is 9.78 Å². The van der Waals surface area contributed by atoms with Crippen LogP contribution >= 0.6 is 0 Å². The Morgan fingerprint density at radius 1 is 1.69 bits per heavy atom. The van der Waals surface area contributed by atoms with Gasteiger partial charge in [0.15, 0.2) is 0 Å². The predicted molar refractivity (Wildman–Crippen MR) is 52.1 cm³/mol. The molecule has 68 valence electrons. The van der Waals surface area contributed by atoms with Gasteiger partial charge in [0.05, 0.1) is 11.8 Å². The summed E-state index contributed by atoms with van der Waals surface area (Å²) in [5.41, 5.74) is 0.882. The summed E-state index contributed by atoms with van der Waals surface area (Å²) in [7, 11) is 0. The lowest BCUT2D eigenvalue weighted by molar-refractivity contribution is 0.182. The second-order valence-electron chi connectivity index (χ2n) is 4.04. The van der Waals surface area contributed by atoms with Crippen LogP contribution in [0.25, 0.3) is 0 Å². The molecule has 2 rings (SSSR count). The lowest BCUT2D eigenvalue weighted by Crippen LogP contribution is -2.25. The van der Waals surface area contributed by atoms with Crippen LogP contribution in [0.2, 0.25) is 0 Å². The summed E-state index contributed by atoms with van der Waals surface area (Å²) in [5, 5.41) is 4.21. The minimum atomic E-state index is 0.820. The number of terminal acetylenes is 1. The van der Waals surface area contributed by atoms with Crippen molar-refractivity contribution in [2.45, 2.75) is 26.3 Å². The summed E-state index contributed by atoms with van der Waals surface area (Å²) >= 11 is 0. The fourth-order valence-electron chi connectivity index (χ4n) is 2.02. The monoisotopic (exact) mass is 174 g/mol. The van der Waals surface area contributed by atoms with E-state index in [-0.39, 0.29) is 0 Å². The van der Waals surface area contributed by atoms with E-state index >= 15 is 0 Å². The minimum absolute atomic E-state index is 0.820. The van der Waals surface area contributed by atoms with E-state index in [4.69, 9.17) is 6.42 Å². The van der Waals surface area contributed by atoms with Gasteiger partial charge in [0.25, 0.3) is 0 Å². The molecule has 0 saturated heterocycles. The zero-order chi connectivity index (χ0) is 9.26. The topological polar surface area (TPSA) is 17.8 Å². The van der Waals surface area contributed by atoms with Gasteiger partial charge in [-0.05, 0) is 24.7 Å². The summed E-state index contributed by atoms with van der Waals surface area (Å²) < 4.78 is 1.96. The Balaban J connectivity index is 1.92. The van der Waals surface area contributed by atoms with Gasteiger partial charge in [0, 0.05) is 12.7 Å². The Morgan fingerprint density at radius 2 is 2.46 bits per heavy atom. The number of aromatic nitrogens is 2. The molecule has 1 aliphatic carbocycles. The quantitative estimate of drug-likeness (QED) is 0.626. The van der Waals surface area contributed by atoms with E-state index in [1.165, 1.54) is 12.8 Å². The second-order valence-corrected chi connectivity index (χ2v) is 4.04. The standard InChI is InChI=1S/C11H14N2/c1-3-10-6-12-13(7-10)8-11-4-9(2)5-11/h1,6-7,9,11H,4-5,8H2,2H3. The summed E-state index contributed by atoms with van der Waals surface area (Å²) in [6.45, 7) is 3.33. The highest BCUT2D eigenvalue weighted by atomic mass is 15.3. The normalized spacial score (nSPS) is 26.5. The van der Waals surface area contributed by atoms with Gasteiger partial charge in [-0.3, -0.25) is 4.68 Å². The summed E-state index contributed by atoms with van der Waals surface area (Å²) in [5.74, 6) is 4.31. The molecule has 0 amide bonds. The molecular weight excluding hydrogens is 160 g/mol. The first kappa shape index (κ1) is 8.37. The Hall–Kier alpha value is -1.23. The summed E-state index contributed by atoms with van der Waals surface area (Å²) in [4.78, 5) is 0. The third-order valence-corrected chi connectivity index (χ3v) is 2.72. The van der Waals surface area contributed by atoms with Crippen LogP contribution in [-0.2, 0) is 6.54 Å². The largest absolute Gasteiger partial charge is 0.271 e. The van der Waals surface area contributed by atoms with E-state index in [1.807, 2.05) is 10.9 Å². The maximum atomic E-state index is 5.26. The van der Waals surface area contributed by atoms with Crippen molar-refractivity contribution in [1.29, 1.82) is 0 Å². The van der Waals surface area contributed by atoms with Gasteiger partial charge in [-0.25, -0.2) is 0 Å². The van der Waals surface area contributed by atoms with Crippen molar-refractivity contribution >= 4 is 0 Å². The molecule has 1 aliphatic rings. The molecule has 0 radical (unpaired) electrons. The first-order valence-electron chi connectivity index (χ1n) is 4.77. The molecule has 0 aliphatic heterocycles. The third-order valence-electron chi connectivity index (χ3n) is 2.72. The predicted octanol–water partition coefficient (Wildman–Crippen LogP) is 1.91. The van der Waals surface area contributed by atoms with Crippen LogP contribution in [0.15, 0.2) is 12.4 Å². The summed E-state index contributed by atoms with van der Waals surface area (Å²) in [6.07, 6.45) is 11.6. The number of hydrogen-bond donors (Lipinski definition) is 0. The zero-order valence-corrected chi connectivity index (χ0v) is 7.90. The van der Waals surface area contributed by atoms with E-state index in [1.54, 1.807) is 6.20 Å². The molecule has 1 heterocycles. The van der Waals surface area contributed by atoms with E-state index in [0.717, 1.165) is 23.9 Å². The maximum Gasteiger partial charge on any atom is 0.0646 e. The Morgan fingerprint density at radius 3 is 3.00 bits per heavy atom. The molecule has 13 heavy (non-hydrogen) atoms. The van der Waals surface area contributed by atoms with Crippen LogP contribution in [0.4, 0.5) is 0 Å². The van der Waals surface area contributed by atoms with Crippen LogP contribution in [0.3, 0.4) is 0 Å². The molecule has 0 N–H and O–H groups in total. The lowest BCUT2D eigenvalue weighted by Gasteiger charge is -2.32. The average Bonchev–Trinajstić information content (AvgIpc) is 2.50. The minimum Gasteiger partial charge on any atom is -0.271 e. The molecule has 0 spiro atoms. The first-order chi connectivity index (χ1) is 6.28. The highest BCUT2D eigenvalue weighted by molar-refractivity contribution is 5.26. The van der Waals surface area contributed by atoms with Gasteiger partial charge in [-0.1, -0.05) is 12.8 Å². The van der Waals surface area contributed by atoms with Gasteiger partial charge >= 0.3 is 0 Å².